The van der Waals surface area contributed by atoms with E-state index in [0.29, 0.717) is 50.2 Å². The molecular formula is C16H27N5O3. The number of hydrogen-bond acceptors (Lipinski definition) is 5. The fourth-order valence-electron chi connectivity index (χ4n) is 2.79. The zero-order valence-corrected chi connectivity index (χ0v) is 14.9. The maximum atomic E-state index is 12.3. The number of hydrogen-bond donors (Lipinski definition) is 1. The molecule has 2 rings (SSSR count). The van der Waals surface area contributed by atoms with Crippen LogP contribution >= 0.6 is 0 Å². The molecule has 1 atom stereocenters. The summed E-state index contributed by atoms with van der Waals surface area (Å²) in [6, 6.07) is -0.362. The van der Waals surface area contributed by atoms with Gasteiger partial charge in [0.2, 0.25) is 11.8 Å². The van der Waals surface area contributed by atoms with Gasteiger partial charge in [0.05, 0.1) is 0 Å². The lowest BCUT2D eigenvalue weighted by atomic mass is 10.1. The summed E-state index contributed by atoms with van der Waals surface area (Å²) < 4.78 is 5.25. The van der Waals surface area contributed by atoms with Crippen LogP contribution < -0.4 is 5.32 Å². The van der Waals surface area contributed by atoms with Crippen LogP contribution in [-0.2, 0) is 4.79 Å². The molecule has 1 aliphatic heterocycles. The molecule has 0 spiro atoms. The van der Waals surface area contributed by atoms with E-state index in [-0.39, 0.29) is 18.0 Å². The minimum atomic E-state index is -0.280. The average Bonchev–Trinajstić information content (AvgIpc) is 2.81. The summed E-state index contributed by atoms with van der Waals surface area (Å²) in [5, 5.41) is 6.76. The van der Waals surface area contributed by atoms with Crippen molar-refractivity contribution in [3.05, 3.63) is 11.7 Å². The van der Waals surface area contributed by atoms with Crippen LogP contribution in [0.3, 0.4) is 0 Å². The predicted molar refractivity (Wildman–Crippen MR) is 88.2 cm³/mol. The Kier molecular flexibility index (Phi) is 6.16. The summed E-state index contributed by atoms with van der Waals surface area (Å²) in [5.41, 5.74) is 0. The largest absolute Gasteiger partial charge is 0.338 e. The van der Waals surface area contributed by atoms with E-state index in [1.54, 1.807) is 16.7 Å². The lowest BCUT2D eigenvalue weighted by Gasteiger charge is -2.25. The topological polar surface area (TPSA) is 91.6 Å². The zero-order chi connectivity index (χ0) is 17.7. The second-order valence-electron chi connectivity index (χ2n) is 6.60. The molecule has 2 heterocycles. The van der Waals surface area contributed by atoms with Gasteiger partial charge in [-0.1, -0.05) is 19.0 Å². The van der Waals surface area contributed by atoms with Crippen LogP contribution in [0.2, 0.25) is 0 Å². The molecule has 1 fully saturated rings. The molecule has 8 heteroatoms. The highest BCUT2D eigenvalue weighted by molar-refractivity contribution is 5.75. The fourth-order valence-corrected chi connectivity index (χ4v) is 2.79. The Hall–Kier alpha value is -2.12. The van der Waals surface area contributed by atoms with Crippen LogP contribution in [0.5, 0.6) is 0 Å². The van der Waals surface area contributed by atoms with Gasteiger partial charge in [-0.05, 0) is 25.7 Å². The SMILES string of the molecule is CC(=O)N1CCN(C(=O)NCCC(C)C)CCC1c1nc(C)no1. The molecule has 8 nitrogen and oxygen atoms in total. The number of aryl methyl sites for hydroxylation is 1. The minimum Gasteiger partial charge on any atom is -0.338 e. The van der Waals surface area contributed by atoms with E-state index >= 15 is 0 Å². The molecule has 1 aromatic heterocycles. The highest BCUT2D eigenvalue weighted by Gasteiger charge is 2.32. The van der Waals surface area contributed by atoms with Crippen molar-refractivity contribution in [2.75, 3.05) is 26.2 Å². The second kappa shape index (κ2) is 8.12. The summed E-state index contributed by atoms with van der Waals surface area (Å²) >= 11 is 0. The first-order chi connectivity index (χ1) is 11.4. The Bertz CT molecular complexity index is 572. The van der Waals surface area contributed by atoms with Gasteiger partial charge >= 0.3 is 6.03 Å². The van der Waals surface area contributed by atoms with E-state index in [0.717, 1.165) is 6.42 Å². The third-order valence-corrected chi connectivity index (χ3v) is 4.18. The molecule has 0 aromatic carbocycles. The van der Waals surface area contributed by atoms with Gasteiger partial charge in [0.1, 0.15) is 6.04 Å². The quantitative estimate of drug-likeness (QED) is 0.903. The third kappa shape index (κ3) is 4.69. The van der Waals surface area contributed by atoms with Crippen LogP contribution in [0.1, 0.15) is 51.4 Å². The van der Waals surface area contributed by atoms with Crippen molar-refractivity contribution in [1.29, 1.82) is 0 Å². The molecule has 3 amide bonds. The maximum absolute atomic E-state index is 12.3. The summed E-state index contributed by atoms with van der Waals surface area (Å²) in [6.07, 6.45) is 1.53. The number of aromatic nitrogens is 2. The van der Waals surface area contributed by atoms with Crippen LogP contribution in [0.4, 0.5) is 4.79 Å². The number of urea groups is 1. The van der Waals surface area contributed by atoms with E-state index < -0.39 is 0 Å². The number of amides is 3. The number of rotatable bonds is 4. The molecular weight excluding hydrogens is 310 g/mol. The van der Waals surface area contributed by atoms with Crippen molar-refractivity contribution < 1.29 is 14.1 Å². The van der Waals surface area contributed by atoms with E-state index in [4.69, 9.17) is 4.52 Å². The predicted octanol–water partition coefficient (Wildman–Crippen LogP) is 1.73. The van der Waals surface area contributed by atoms with Crippen molar-refractivity contribution in [2.45, 2.75) is 46.6 Å². The molecule has 1 unspecified atom stereocenters. The first-order valence-corrected chi connectivity index (χ1v) is 8.48. The smallest absolute Gasteiger partial charge is 0.317 e. The maximum Gasteiger partial charge on any atom is 0.317 e. The number of nitrogens with one attached hydrogen (secondary N) is 1. The van der Waals surface area contributed by atoms with Crippen molar-refractivity contribution in [3.63, 3.8) is 0 Å². The van der Waals surface area contributed by atoms with E-state index in [1.807, 2.05) is 0 Å². The van der Waals surface area contributed by atoms with E-state index in [9.17, 15) is 9.59 Å². The molecule has 134 valence electrons. The summed E-state index contributed by atoms with van der Waals surface area (Å²) in [5.74, 6) is 1.47. The van der Waals surface area contributed by atoms with Crippen LogP contribution in [0, 0.1) is 12.8 Å². The number of carbonyl (C=O) groups is 2. The first-order valence-electron chi connectivity index (χ1n) is 8.48. The average molecular weight is 337 g/mol. The summed E-state index contributed by atoms with van der Waals surface area (Å²) in [7, 11) is 0. The minimum absolute atomic E-state index is 0.0575. The molecule has 0 saturated carbocycles. The highest BCUT2D eigenvalue weighted by Crippen LogP contribution is 2.25. The molecule has 0 aliphatic carbocycles. The van der Waals surface area contributed by atoms with E-state index in [2.05, 4.69) is 29.3 Å². The van der Waals surface area contributed by atoms with E-state index in [1.165, 1.54) is 6.92 Å². The van der Waals surface area contributed by atoms with Gasteiger partial charge in [-0.3, -0.25) is 4.79 Å². The molecule has 1 aliphatic rings. The van der Waals surface area contributed by atoms with Gasteiger partial charge < -0.3 is 19.6 Å². The molecule has 1 N–H and O–H groups in total. The molecule has 0 radical (unpaired) electrons. The van der Waals surface area contributed by atoms with Gasteiger partial charge in [0, 0.05) is 33.1 Å². The van der Waals surface area contributed by atoms with Crippen LogP contribution in [0.25, 0.3) is 0 Å². The van der Waals surface area contributed by atoms with Crippen molar-refractivity contribution in [1.82, 2.24) is 25.3 Å². The monoisotopic (exact) mass is 337 g/mol. The lowest BCUT2D eigenvalue weighted by molar-refractivity contribution is -0.131. The Morgan fingerprint density at radius 2 is 2.08 bits per heavy atom. The normalized spacial score (nSPS) is 18.6. The van der Waals surface area contributed by atoms with Crippen molar-refractivity contribution in [2.24, 2.45) is 5.92 Å². The fraction of sp³-hybridized carbons (Fsp3) is 0.750. The van der Waals surface area contributed by atoms with Crippen molar-refractivity contribution in [3.8, 4) is 0 Å². The molecule has 0 bridgehead atoms. The number of nitrogens with zero attached hydrogens (tertiary/aromatic N) is 4. The lowest BCUT2D eigenvalue weighted by Crippen LogP contribution is -2.43. The zero-order valence-electron chi connectivity index (χ0n) is 14.9. The Morgan fingerprint density at radius 3 is 2.67 bits per heavy atom. The van der Waals surface area contributed by atoms with Gasteiger partial charge in [-0.2, -0.15) is 4.98 Å². The molecule has 24 heavy (non-hydrogen) atoms. The Morgan fingerprint density at radius 1 is 1.33 bits per heavy atom. The van der Waals surface area contributed by atoms with Crippen molar-refractivity contribution >= 4 is 11.9 Å². The van der Waals surface area contributed by atoms with Gasteiger partial charge in [0.25, 0.3) is 0 Å². The summed E-state index contributed by atoms with van der Waals surface area (Å²) in [4.78, 5) is 32.0. The van der Waals surface area contributed by atoms with Gasteiger partial charge in [-0.15, -0.1) is 0 Å². The van der Waals surface area contributed by atoms with Gasteiger partial charge in [-0.25, -0.2) is 4.79 Å². The molecule has 1 saturated heterocycles. The Balaban J connectivity index is 2.01. The standard InChI is InChI=1S/C16H27N5O3/c1-11(2)5-7-17-16(23)20-8-6-14(15-18-12(3)19-24-15)21(10-9-20)13(4)22/h11,14H,5-10H2,1-4H3,(H,17,23). The highest BCUT2D eigenvalue weighted by atomic mass is 16.5. The van der Waals surface area contributed by atoms with Crippen LogP contribution in [0.15, 0.2) is 4.52 Å². The third-order valence-electron chi connectivity index (χ3n) is 4.18. The Labute approximate surface area is 142 Å². The first kappa shape index (κ1) is 18.2. The second-order valence-corrected chi connectivity index (χ2v) is 6.60. The molecule has 1 aromatic rings. The van der Waals surface area contributed by atoms with Crippen LogP contribution in [-0.4, -0.2) is 58.1 Å². The van der Waals surface area contributed by atoms with Gasteiger partial charge in [0.15, 0.2) is 5.82 Å². The number of carbonyl (C=O) groups excluding carboxylic acids is 2. The summed E-state index contributed by atoms with van der Waals surface area (Å²) in [6.45, 7) is 9.68.